The molecule has 0 saturated heterocycles. The summed E-state index contributed by atoms with van der Waals surface area (Å²) in [6.45, 7) is 3.48. The van der Waals surface area contributed by atoms with Crippen LogP contribution in [0.5, 0.6) is 0 Å². The number of hydrogen-bond donors (Lipinski definition) is 1. The third kappa shape index (κ3) is 3.06. The summed E-state index contributed by atoms with van der Waals surface area (Å²) in [5, 5.41) is 1.17. The van der Waals surface area contributed by atoms with Crippen LogP contribution in [-0.2, 0) is 19.5 Å². The molecule has 1 aliphatic heterocycles. The molecule has 5 rings (SSSR count). The van der Waals surface area contributed by atoms with E-state index >= 15 is 0 Å². The number of aromatic nitrogens is 2. The molecule has 1 fully saturated rings. The zero-order valence-corrected chi connectivity index (χ0v) is 16.3. The van der Waals surface area contributed by atoms with Gasteiger partial charge in [-0.25, -0.2) is 9.78 Å². The SMILES string of the molecule is Cc1ccc2oc(=O)c(CN3CCc4nc(C5CC5)[nH]c(=O)c4C3)c(Cl)c2c1. The minimum Gasteiger partial charge on any atom is -0.422 e. The Kier molecular flexibility index (Phi) is 4.14. The molecule has 0 bridgehead atoms. The van der Waals surface area contributed by atoms with Crippen molar-refractivity contribution in [3.05, 3.63) is 72.2 Å². The van der Waals surface area contributed by atoms with Crippen molar-refractivity contribution < 1.29 is 4.42 Å². The average molecular weight is 398 g/mol. The van der Waals surface area contributed by atoms with Gasteiger partial charge in [-0.15, -0.1) is 0 Å². The molecule has 3 aromatic rings. The molecule has 0 unspecified atom stereocenters. The average Bonchev–Trinajstić information content (AvgIpc) is 3.51. The second-order valence-electron chi connectivity index (χ2n) is 7.79. The van der Waals surface area contributed by atoms with Gasteiger partial charge in [-0.2, -0.15) is 0 Å². The Bertz CT molecular complexity index is 1210. The minimum atomic E-state index is -0.428. The van der Waals surface area contributed by atoms with E-state index in [0.717, 1.165) is 41.9 Å². The van der Waals surface area contributed by atoms with Gasteiger partial charge in [0.25, 0.3) is 5.56 Å². The van der Waals surface area contributed by atoms with Crippen LogP contribution >= 0.6 is 11.6 Å². The summed E-state index contributed by atoms with van der Waals surface area (Å²) in [5.41, 5.74) is 3.04. The predicted octanol–water partition coefficient (Wildman–Crippen LogP) is 3.27. The molecular formula is C21H20ClN3O3. The van der Waals surface area contributed by atoms with E-state index in [1.165, 1.54) is 0 Å². The Labute approximate surface area is 166 Å². The highest BCUT2D eigenvalue weighted by Gasteiger charge is 2.29. The van der Waals surface area contributed by atoms with Crippen molar-refractivity contribution in [3.63, 3.8) is 0 Å². The maximum atomic E-state index is 12.5. The number of aryl methyl sites for hydroxylation is 1. The third-order valence-corrected chi connectivity index (χ3v) is 6.03. The van der Waals surface area contributed by atoms with E-state index in [1.54, 1.807) is 6.07 Å². The standard InChI is InChI=1S/C21H20ClN3O3/c1-11-2-5-17-13(8-11)18(22)15(21(27)28-17)10-25-7-6-16-14(9-25)20(26)24-19(23-16)12-3-4-12/h2,5,8,12H,3-4,6-7,9-10H2,1H3,(H,23,24,26). The smallest absolute Gasteiger partial charge is 0.342 e. The van der Waals surface area contributed by atoms with E-state index in [-0.39, 0.29) is 5.56 Å². The largest absolute Gasteiger partial charge is 0.422 e. The van der Waals surface area contributed by atoms with Gasteiger partial charge >= 0.3 is 5.63 Å². The van der Waals surface area contributed by atoms with Crippen LogP contribution in [0.1, 0.15) is 47.0 Å². The summed E-state index contributed by atoms with van der Waals surface area (Å²) in [7, 11) is 0. The number of nitrogens with zero attached hydrogens (tertiary/aromatic N) is 2. The van der Waals surface area contributed by atoms with Crippen molar-refractivity contribution in [1.29, 1.82) is 0 Å². The summed E-state index contributed by atoms with van der Waals surface area (Å²) in [4.78, 5) is 34.7. The summed E-state index contributed by atoms with van der Waals surface area (Å²) < 4.78 is 5.47. The molecular weight excluding hydrogens is 378 g/mol. The zero-order valence-electron chi connectivity index (χ0n) is 15.5. The van der Waals surface area contributed by atoms with Gasteiger partial charge in [0.2, 0.25) is 0 Å². The molecule has 144 valence electrons. The maximum Gasteiger partial charge on any atom is 0.342 e. The van der Waals surface area contributed by atoms with Gasteiger partial charge in [-0.3, -0.25) is 9.69 Å². The second kappa shape index (κ2) is 6.57. The highest BCUT2D eigenvalue weighted by atomic mass is 35.5. The number of H-pyrrole nitrogens is 1. The van der Waals surface area contributed by atoms with Gasteiger partial charge in [0.05, 0.1) is 21.8 Å². The fraction of sp³-hybridized carbons (Fsp3) is 0.381. The number of nitrogens with one attached hydrogen (secondary N) is 1. The molecule has 28 heavy (non-hydrogen) atoms. The van der Waals surface area contributed by atoms with E-state index < -0.39 is 5.63 Å². The van der Waals surface area contributed by atoms with Gasteiger partial charge in [0.15, 0.2) is 0 Å². The monoisotopic (exact) mass is 397 g/mol. The van der Waals surface area contributed by atoms with Crippen LogP contribution in [0.25, 0.3) is 11.0 Å². The molecule has 0 atom stereocenters. The topological polar surface area (TPSA) is 79.2 Å². The van der Waals surface area contributed by atoms with Crippen LogP contribution in [0, 0.1) is 6.92 Å². The lowest BCUT2D eigenvalue weighted by molar-refractivity contribution is 0.238. The van der Waals surface area contributed by atoms with Crippen LogP contribution in [0.2, 0.25) is 5.02 Å². The van der Waals surface area contributed by atoms with E-state index in [4.69, 9.17) is 16.0 Å². The van der Waals surface area contributed by atoms with Crippen molar-refractivity contribution in [3.8, 4) is 0 Å². The first-order chi connectivity index (χ1) is 13.5. The molecule has 6 nitrogen and oxygen atoms in total. The molecule has 3 heterocycles. The van der Waals surface area contributed by atoms with E-state index in [0.29, 0.717) is 47.2 Å². The van der Waals surface area contributed by atoms with Crippen molar-refractivity contribution in [2.45, 2.75) is 45.2 Å². The molecule has 0 spiro atoms. The van der Waals surface area contributed by atoms with Crippen molar-refractivity contribution in [2.75, 3.05) is 6.54 Å². The molecule has 1 N–H and O–H groups in total. The lowest BCUT2D eigenvalue weighted by Crippen LogP contribution is -2.36. The van der Waals surface area contributed by atoms with Gasteiger partial charge in [-0.05, 0) is 31.9 Å². The fourth-order valence-corrected chi connectivity index (χ4v) is 4.15. The fourth-order valence-electron chi connectivity index (χ4n) is 3.86. The molecule has 1 aromatic carbocycles. The molecule has 2 aromatic heterocycles. The normalized spacial score (nSPS) is 17.1. The summed E-state index contributed by atoms with van der Waals surface area (Å²) in [5.74, 6) is 1.24. The quantitative estimate of drug-likeness (QED) is 0.686. The molecule has 0 amide bonds. The number of aromatic amines is 1. The Morgan fingerprint density at radius 2 is 2.14 bits per heavy atom. The van der Waals surface area contributed by atoms with Crippen molar-refractivity contribution in [2.24, 2.45) is 0 Å². The zero-order chi connectivity index (χ0) is 19.4. The lowest BCUT2D eigenvalue weighted by atomic mass is 10.1. The number of halogens is 1. The van der Waals surface area contributed by atoms with E-state index in [9.17, 15) is 9.59 Å². The van der Waals surface area contributed by atoms with Crippen LogP contribution in [-0.4, -0.2) is 21.4 Å². The number of fused-ring (bicyclic) bond motifs is 2. The van der Waals surface area contributed by atoms with Crippen LogP contribution in [0.3, 0.4) is 0 Å². The number of rotatable bonds is 3. The van der Waals surface area contributed by atoms with Crippen molar-refractivity contribution in [1.82, 2.24) is 14.9 Å². The first kappa shape index (κ1) is 17.6. The minimum absolute atomic E-state index is 0.0659. The Balaban J connectivity index is 1.46. The summed E-state index contributed by atoms with van der Waals surface area (Å²) in [6, 6.07) is 5.57. The maximum absolute atomic E-state index is 12.5. The van der Waals surface area contributed by atoms with Gasteiger partial charge < -0.3 is 9.40 Å². The highest BCUT2D eigenvalue weighted by molar-refractivity contribution is 6.36. The molecule has 7 heteroatoms. The van der Waals surface area contributed by atoms with Gasteiger partial charge in [0, 0.05) is 37.4 Å². The van der Waals surface area contributed by atoms with Crippen LogP contribution in [0.15, 0.2) is 32.2 Å². The van der Waals surface area contributed by atoms with Gasteiger partial charge in [0.1, 0.15) is 11.4 Å². The molecule has 0 radical (unpaired) electrons. The number of benzene rings is 1. The Morgan fingerprint density at radius 1 is 1.32 bits per heavy atom. The number of hydrogen-bond acceptors (Lipinski definition) is 5. The Morgan fingerprint density at radius 3 is 2.93 bits per heavy atom. The summed E-state index contributed by atoms with van der Waals surface area (Å²) in [6.07, 6.45) is 2.89. The second-order valence-corrected chi connectivity index (χ2v) is 8.17. The summed E-state index contributed by atoms with van der Waals surface area (Å²) >= 11 is 6.57. The van der Waals surface area contributed by atoms with Crippen LogP contribution in [0.4, 0.5) is 0 Å². The first-order valence-electron chi connectivity index (χ1n) is 9.56. The van der Waals surface area contributed by atoms with E-state index in [1.807, 2.05) is 19.1 Å². The molecule has 1 saturated carbocycles. The first-order valence-corrected chi connectivity index (χ1v) is 9.93. The molecule has 2 aliphatic rings. The molecule has 1 aliphatic carbocycles. The highest BCUT2D eigenvalue weighted by Crippen LogP contribution is 2.38. The van der Waals surface area contributed by atoms with Crippen molar-refractivity contribution >= 4 is 22.6 Å². The third-order valence-electron chi connectivity index (χ3n) is 5.60. The van der Waals surface area contributed by atoms with Crippen LogP contribution < -0.4 is 11.2 Å². The Hall–Kier alpha value is -2.44. The lowest BCUT2D eigenvalue weighted by Gasteiger charge is -2.27. The van der Waals surface area contributed by atoms with E-state index in [2.05, 4.69) is 14.9 Å². The predicted molar refractivity (Wildman–Crippen MR) is 107 cm³/mol. The van der Waals surface area contributed by atoms with Gasteiger partial charge in [-0.1, -0.05) is 23.2 Å².